The number of hydrogen-bond donors (Lipinski definition) is 0. The Hall–Kier alpha value is -0.580. The van der Waals surface area contributed by atoms with Gasteiger partial charge in [-0.05, 0) is 17.7 Å². The third kappa shape index (κ3) is 5.38. The SMILES string of the molecule is COCC(Br)CN(C)C(=O)Cc1cccc(Cl)c1. The number of rotatable bonds is 6. The molecule has 1 unspecified atom stereocenters. The summed E-state index contributed by atoms with van der Waals surface area (Å²) in [5, 5.41) is 0.653. The van der Waals surface area contributed by atoms with Crippen LogP contribution in [-0.2, 0) is 16.0 Å². The molecule has 0 aliphatic heterocycles. The molecule has 0 heterocycles. The van der Waals surface area contributed by atoms with Crippen molar-refractivity contribution in [1.29, 1.82) is 0 Å². The van der Waals surface area contributed by atoms with Crippen LogP contribution in [0.5, 0.6) is 0 Å². The quantitative estimate of drug-likeness (QED) is 0.749. The van der Waals surface area contributed by atoms with Crippen molar-refractivity contribution in [2.24, 2.45) is 0 Å². The molecule has 0 radical (unpaired) electrons. The molecule has 100 valence electrons. The predicted molar refractivity (Wildman–Crippen MR) is 77.4 cm³/mol. The molecule has 1 rings (SSSR count). The number of methoxy groups -OCH3 is 1. The number of amides is 1. The van der Waals surface area contributed by atoms with Crippen LogP contribution in [0.25, 0.3) is 0 Å². The second-order valence-electron chi connectivity index (χ2n) is 4.13. The lowest BCUT2D eigenvalue weighted by Crippen LogP contribution is -2.34. The Morgan fingerprint density at radius 3 is 2.89 bits per heavy atom. The maximum Gasteiger partial charge on any atom is 0.226 e. The highest BCUT2D eigenvalue weighted by molar-refractivity contribution is 9.09. The van der Waals surface area contributed by atoms with E-state index in [4.69, 9.17) is 16.3 Å². The molecule has 0 aromatic heterocycles. The Morgan fingerprint density at radius 1 is 1.56 bits per heavy atom. The molecule has 0 bridgehead atoms. The van der Waals surface area contributed by atoms with Gasteiger partial charge in [0.25, 0.3) is 0 Å². The van der Waals surface area contributed by atoms with Crippen molar-refractivity contribution >= 4 is 33.4 Å². The maximum atomic E-state index is 12.0. The zero-order valence-electron chi connectivity index (χ0n) is 10.5. The van der Waals surface area contributed by atoms with E-state index in [1.165, 1.54) is 0 Å². The van der Waals surface area contributed by atoms with E-state index >= 15 is 0 Å². The number of alkyl halides is 1. The molecule has 0 saturated carbocycles. The number of carbonyl (C=O) groups excluding carboxylic acids is 1. The van der Waals surface area contributed by atoms with E-state index in [-0.39, 0.29) is 10.7 Å². The highest BCUT2D eigenvalue weighted by atomic mass is 79.9. The number of benzene rings is 1. The van der Waals surface area contributed by atoms with Crippen LogP contribution in [0.1, 0.15) is 5.56 Å². The molecular weight excluding hydrogens is 318 g/mol. The second kappa shape index (κ2) is 7.77. The molecule has 1 atom stereocenters. The molecule has 0 fully saturated rings. The summed E-state index contributed by atoms with van der Waals surface area (Å²) in [6.45, 7) is 1.20. The normalized spacial score (nSPS) is 12.2. The van der Waals surface area contributed by atoms with E-state index in [0.29, 0.717) is 24.6 Å². The van der Waals surface area contributed by atoms with E-state index in [9.17, 15) is 4.79 Å². The van der Waals surface area contributed by atoms with Crippen molar-refractivity contribution in [3.05, 3.63) is 34.9 Å². The summed E-state index contributed by atoms with van der Waals surface area (Å²) in [6, 6.07) is 7.36. The fourth-order valence-electron chi connectivity index (χ4n) is 1.59. The molecule has 3 nitrogen and oxygen atoms in total. The first-order valence-electron chi connectivity index (χ1n) is 5.64. The van der Waals surface area contributed by atoms with Crippen molar-refractivity contribution < 1.29 is 9.53 Å². The average molecular weight is 335 g/mol. The summed E-state index contributed by atoms with van der Waals surface area (Å²) in [5.41, 5.74) is 0.928. The Morgan fingerprint density at radius 2 is 2.28 bits per heavy atom. The molecule has 0 N–H and O–H groups in total. The zero-order chi connectivity index (χ0) is 13.5. The topological polar surface area (TPSA) is 29.5 Å². The van der Waals surface area contributed by atoms with Gasteiger partial charge < -0.3 is 9.64 Å². The van der Waals surface area contributed by atoms with Gasteiger partial charge in [-0.2, -0.15) is 0 Å². The fourth-order valence-corrected chi connectivity index (χ4v) is 2.50. The van der Waals surface area contributed by atoms with Crippen LogP contribution in [0.3, 0.4) is 0 Å². The average Bonchev–Trinajstić information content (AvgIpc) is 2.29. The van der Waals surface area contributed by atoms with Gasteiger partial charge in [-0.15, -0.1) is 0 Å². The lowest BCUT2D eigenvalue weighted by atomic mass is 10.1. The first-order chi connectivity index (χ1) is 8.52. The predicted octanol–water partition coefficient (Wildman–Crippen LogP) is 2.75. The van der Waals surface area contributed by atoms with Crippen LogP contribution < -0.4 is 0 Å². The van der Waals surface area contributed by atoms with Gasteiger partial charge in [-0.25, -0.2) is 0 Å². The van der Waals surface area contributed by atoms with Crippen molar-refractivity contribution in [3.8, 4) is 0 Å². The Bertz CT molecular complexity index is 400. The zero-order valence-corrected chi connectivity index (χ0v) is 12.9. The Kier molecular flexibility index (Phi) is 6.68. The molecule has 18 heavy (non-hydrogen) atoms. The minimum atomic E-state index is 0.0674. The smallest absolute Gasteiger partial charge is 0.226 e. The highest BCUT2D eigenvalue weighted by Gasteiger charge is 2.13. The molecule has 1 aromatic rings. The van der Waals surface area contributed by atoms with Crippen LogP contribution in [-0.4, -0.2) is 42.9 Å². The van der Waals surface area contributed by atoms with E-state index in [1.807, 2.05) is 18.2 Å². The van der Waals surface area contributed by atoms with Crippen molar-refractivity contribution in [3.63, 3.8) is 0 Å². The summed E-state index contributed by atoms with van der Waals surface area (Å²) in [7, 11) is 3.43. The maximum absolute atomic E-state index is 12.0. The lowest BCUT2D eigenvalue weighted by Gasteiger charge is -2.20. The van der Waals surface area contributed by atoms with Gasteiger partial charge in [0.15, 0.2) is 0 Å². The van der Waals surface area contributed by atoms with Crippen LogP contribution in [0.15, 0.2) is 24.3 Å². The molecule has 5 heteroatoms. The molecule has 0 spiro atoms. The van der Waals surface area contributed by atoms with E-state index < -0.39 is 0 Å². The number of ether oxygens (including phenoxy) is 1. The number of halogens is 2. The summed E-state index contributed by atoms with van der Waals surface area (Å²) in [5.74, 6) is 0.0674. The number of hydrogen-bond acceptors (Lipinski definition) is 2. The lowest BCUT2D eigenvalue weighted by molar-refractivity contribution is -0.129. The second-order valence-corrected chi connectivity index (χ2v) is 5.86. The van der Waals surface area contributed by atoms with Gasteiger partial charge in [0.05, 0.1) is 17.9 Å². The summed E-state index contributed by atoms with van der Waals surface area (Å²) >= 11 is 9.35. The van der Waals surface area contributed by atoms with Crippen LogP contribution in [0, 0.1) is 0 Å². The summed E-state index contributed by atoms with van der Waals surface area (Å²) < 4.78 is 5.02. The van der Waals surface area contributed by atoms with Crippen molar-refractivity contribution in [1.82, 2.24) is 4.90 Å². The van der Waals surface area contributed by atoms with Crippen molar-refractivity contribution in [2.75, 3.05) is 27.3 Å². The van der Waals surface area contributed by atoms with Crippen LogP contribution in [0.4, 0.5) is 0 Å². The minimum absolute atomic E-state index is 0.0674. The van der Waals surface area contributed by atoms with Crippen LogP contribution in [0.2, 0.25) is 5.02 Å². The fraction of sp³-hybridized carbons (Fsp3) is 0.462. The minimum Gasteiger partial charge on any atom is -0.383 e. The third-order valence-corrected chi connectivity index (χ3v) is 3.28. The molecule has 1 aromatic carbocycles. The highest BCUT2D eigenvalue weighted by Crippen LogP contribution is 2.12. The molecule has 0 saturated heterocycles. The van der Waals surface area contributed by atoms with Crippen LogP contribution >= 0.6 is 27.5 Å². The van der Waals surface area contributed by atoms with Gasteiger partial charge in [0, 0.05) is 25.7 Å². The number of likely N-dealkylation sites (N-methyl/N-ethyl adjacent to an activating group) is 1. The van der Waals surface area contributed by atoms with E-state index in [2.05, 4.69) is 15.9 Å². The largest absolute Gasteiger partial charge is 0.383 e. The molecular formula is C13H17BrClNO2. The molecule has 0 aliphatic carbocycles. The van der Waals surface area contributed by atoms with Crippen molar-refractivity contribution in [2.45, 2.75) is 11.2 Å². The van der Waals surface area contributed by atoms with E-state index in [1.54, 1.807) is 25.1 Å². The molecule has 0 aliphatic rings. The standard InChI is InChI=1S/C13H17BrClNO2/c1-16(8-11(14)9-18-2)13(17)7-10-4-3-5-12(15)6-10/h3-6,11H,7-9H2,1-2H3. The van der Waals surface area contributed by atoms with Gasteiger partial charge in [0.2, 0.25) is 5.91 Å². The van der Waals surface area contributed by atoms with Gasteiger partial charge >= 0.3 is 0 Å². The van der Waals surface area contributed by atoms with Gasteiger partial charge in [0.1, 0.15) is 0 Å². The Labute approximate surface area is 121 Å². The van der Waals surface area contributed by atoms with Gasteiger partial charge in [-0.1, -0.05) is 39.7 Å². The van der Waals surface area contributed by atoms with E-state index in [0.717, 1.165) is 5.56 Å². The first kappa shape index (κ1) is 15.5. The third-order valence-electron chi connectivity index (χ3n) is 2.49. The Balaban J connectivity index is 2.49. The number of nitrogens with zero attached hydrogens (tertiary/aromatic N) is 1. The first-order valence-corrected chi connectivity index (χ1v) is 6.93. The molecule has 1 amide bonds. The summed E-state index contributed by atoms with van der Waals surface area (Å²) in [4.78, 5) is 13.8. The monoisotopic (exact) mass is 333 g/mol. The summed E-state index contributed by atoms with van der Waals surface area (Å²) in [6.07, 6.45) is 0.365. The number of carbonyl (C=O) groups is 1. The van der Waals surface area contributed by atoms with Gasteiger partial charge in [-0.3, -0.25) is 4.79 Å².